The van der Waals surface area contributed by atoms with Crippen LogP contribution in [0.2, 0.25) is 10.0 Å². The molecule has 0 N–H and O–H groups in total. The highest BCUT2D eigenvalue weighted by atomic mass is 35.5. The van der Waals surface area contributed by atoms with E-state index in [0.29, 0.717) is 10.0 Å². The van der Waals surface area contributed by atoms with Gasteiger partial charge in [-0.2, -0.15) is 5.10 Å². The average molecular weight is 345 g/mol. The molecule has 0 radical (unpaired) electrons. The second-order valence-corrected chi connectivity index (χ2v) is 6.42. The van der Waals surface area contributed by atoms with Gasteiger partial charge in [0.25, 0.3) is 0 Å². The highest BCUT2D eigenvalue weighted by molar-refractivity contribution is 6.42. The molecule has 23 heavy (non-hydrogen) atoms. The predicted molar refractivity (Wildman–Crippen MR) is 97.9 cm³/mol. The first kappa shape index (κ1) is 16.1. The van der Waals surface area contributed by atoms with Crippen LogP contribution in [0.4, 0.5) is 0 Å². The third-order valence-corrected chi connectivity index (χ3v) is 4.83. The van der Waals surface area contributed by atoms with Crippen molar-refractivity contribution in [2.24, 2.45) is 0 Å². The molecule has 0 atom stereocenters. The zero-order valence-corrected chi connectivity index (χ0v) is 14.9. The lowest BCUT2D eigenvalue weighted by Gasteiger charge is -2.07. The van der Waals surface area contributed by atoms with Crippen LogP contribution in [0.1, 0.15) is 23.9 Å². The fourth-order valence-electron chi connectivity index (χ4n) is 2.84. The summed E-state index contributed by atoms with van der Waals surface area (Å²) in [5.74, 6) is 0. The lowest BCUT2D eigenvalue weighted by atomic mass is 10.0. The van der Waals surface area contributed by atoms with Gasteiger partial charge in [0.1, 0.15) is 0 Å². The standard InChI is InChI=1S/C19H18Cl2N2/c1-4-14-5-8-16(9-6-14)23-13(3)19(12(2)22-23)15-7-10-17(20)18(21)11-15/h5-11H,4H2,1-3H3. The Kier molecular flexibility index (Phi) is 4.47. The maximum atomic E-state index is 6.17. The van der Waals surface area contributed by atoms with Crippen LogP contribution in [0.3, 0.4) is 0 Å². The minimum absolute atomic E-state index is 0.558. The second kappa shape index (κ2) is 6.38. The van der Waals surface area contributed by atoms with Crippen LogP contribution in [0.25, 0.3) is 16.8 Å². The van der Waals surface area contributed by atoms with Crippen LogP contribution in [-0.2, 0) is 6.42 Å². The first-order chi connectivity index (χ1) is 11.0. The van der Waals surface area contributed by atoms with E-state index in [1.807, 2.05) is 29.8 Å². The van der Waals surface area contributed by atoms with Crippen molar-refractivity contribution in [2.45, 2.75) is 27.2 Å². The molecular formula is C19H18Cl2N2. The summed E-state index contributed by atoms with van der Waals surface area (Å²) >= 11 is 12.2. The largest absolute Gasteiger partial charge is 0.237 e. The third-order valence-electron chi connectivity index (χ3n) is 4.09. The van der Waals surface area contributed by atoms with Crippen LogP contribution in [-0.4, -0.2) is 9.78 Å². The van der Waals surface area contributed by atoms with Crippen molar-refractivity contribution in [3.05, 3.63) is 69.5 Å². The van der Waals surface area contributed by atoms with E-state index in [0.717, 1.165) is 34.6 Å². The maximum Gasteiger partial charge on any atom is 0.0679 e. The summed E-state index contributed by atoms with van der Waals surface area (Å²) in [4.78, 5) is 0. The minimum Gasteiger partial charge on any atom is -0.237 e. The van der Waals surface area contributed by atoms with Gasteiger partial charge in [0.05, 0.1) is 21.4 Å². The Morgan fingerprint density at radius 1 is 0.957 bits per heavy atom. The smallest absolute Gasteiger partial charge is 0.0679 e. The van der Waals surface area contributed by atoms with E-state index in [1.165, 1.54) is 5.56 Å². The summed E-state index contributed by atoms with van der Waals surface area (Å²) in [5, 5.41) is 5.83. The number of benzene rings is 2. The SMILES string of the molecule is CCc1ccc(-n2nc(C)c(-c3ccc(Cl)c(Cl)c3)c2C)cc1. The Labute approximate surface area is 146 Å². The molecule has 3 rings (SSSR count). The molecule has 2 aromatic carbocycles. The molecule has 4 heteroatoms. The van der Waals surface area contributed by atoms with Crippen molar-refractivity contribution in [1.82, 2.24) is 9.78 Å². The number of rotatable bonds is 3. The summed E-state index contributed by atoms with van der Waals surface area (Å²) in [6, 6.07) is 14.2. The van der Waals surface area contributed by atoms with Crippen molar-refractivity contribution in [3.63, 3.8) is 0 Å². The molecule has 0 aliphatic heterocycles. The molecule has 0 saturated heterocycles. The lowest BCUT2D eigenvalue weighted by molar-refractivity contribution is 0.833. The molecule has 0 fully saturated rings. The predicted octanol–water partition coefficient (Wildman–Crippen LogP) is 6.03. The minimum atomic E-state index is 0.558. The highest BCUT2D eigenvalue weighted by Crippen LogP contribution is 2.33. The fraction of sp³-hybridized carbons (Fsp3) is 0.211. The van der Waals surface area contributed by atoms with E-state index in [2.05, 4.69) is 38.1 Å². The van der Waals surface area contributed by atoms with Gasteiger partial charge in [-0.15, -0.1) is 0 Å². The first-order valence-electron chi connectivity index (χ1n) is 7.62. The molecule has 2 nitrogen and oxygen atoms in total. The summed E-state index contributed by atoms with van der Waals surface area (Å²) < 4.78 is 1.98. The normalized spacial score (nSPS) is 11.0. The van der Waals surface area contributed by atoms with Crippen LogP contribution < -0.4 is 0 Å². The van der Waals surface area contributed by atoms with Crippen molar-refractivity contribution in [2.75, 3.05) is 0 Å². The van der Waals surface area contributed by atoms with E-state index in [1.54, 1.807) is 0 Å². The van der Waals surface area contributed by atoms with E-state index >= 15 is 0 Å². The van der Waals surface area contributed by atoms with Crippen molar-refractivity contribution >= 4 is 23.2 Å². The Morgan fingerprint density at radius 2 is 1.65 bits per heavy atom. The molecule has 0 aliphatic carbocycles. The van der Waals surface area contributed by atoms with E-state index in [9.17, 15) is 0 Å². The third kappa shape index (κ3) is 3.01. The quantitative estimate of drug-likeness (QED) is 0.567. The average Bonchev–Trinajstić information content (AvgIpc) is 2.85. The van der Waals surface area contributed by atoms with Crippen molar-refractivity contribution < 1.29 is 0 Å². The van der Waals surface area contributed by atoms with Crippen LogP contribution in [0.5, 0.6) is 0 Å². The Bertz CT molecular complexity index is 849. The molecule has 0 amide bonds. The van der Waals surface area contributed by atoms with Gasteiger partial charge in [-0.05, 0) is 55.7 Å². The van der Waals surface area contributed by atoms with Gasteiger partial charge in [0.2, 0.25) is 0 Å². The molecule has 0 unspecified atom stereocenters. The fourth-order valence-corrected chi connectivity index (χ4v) is 3.13. The molecule has 118 valence electrons. The molecule has 0 aliphatic rings. The Morgan fingerprint density at radius 3 is 2.26 bits per heavy atom. The molecule has 1 heterocycles. The van der Waals surface area contributed by atoms with Crippen molar-refractivity contribution in [1.29, 1.82) is 0 Å². The van der Waals surface area contributed by atoms with Gasteiger partial charge in [-0.3, -0.25) is 0 Å². The Balaban J connectivity index is 2.09. The highest BCUT2D eigenvalue weighted by Gasteiger charge is 2.15. The number of aryl methyl sites for hydroxylation is 2. The zero-order valence-electron chi connectivity index (χ0n) is 13.4. The molecular weight excluding hydrogens is 327 g/mol. The maximum absolute atomic E-state index is 6.17. The van der Waals surface area contributed by atoms with E-state index in [4.69, 9.17) is 28.3 Å². The molecule has 0 spiro atoms. The molecule has 0 saturated carbocycles. The molecule has 3 aromatic rings. The van der Waals surface area contributed by atoms with Crippen LogP contribution in [0.15, 0.2) is 42.5 Å². The first-order valence-corrected chi connectivity index (χ1v) is 8.37. The van der Waals surface area contributed by atoms with Crippen molar-refractivity contribution in [3.8, 4) is 16.8 Å². The summed E-state index contributed by atoms with van der Waals surface area (Å²) in [7, 11) is 0. The second-order valence-electron chi connectivity index (χ2n) is 5.61. The van der Waals surface area contributed by atoms with Gasteiger partial charge in [-0.1, -0.05) is 48.3 Å². The number of halogens is 2. The number of hydrogen-bond donors (Lipinski definition) is 0. The summed E-state index contributed by atoms with van der Waals surface area (Å²) in [6.07, 6.45) is 1.03. The van der Waals surface area contributed by atoms with Gasteiger partial charge in [0.15, 0.2) is 0 Å². The summed E-state index contributed by atoms with van der Waals surface area (Å²) in [6.45, 7) is 6.24. The van der Waals surface area contributed by atoms with E-state index < -0.39 is 0 Å². The van der Waals surface area contributed by atoms with Gasteiger partial charge in [-0.25, -0.2) is 4.68 Å². The summed E-state index contributed by atoms with van der Waals surface area (Å²) in [5.41, 5.74) is 6.58. The molecule has 1 aromatic heterocycles. The van der Waals surface area contributed by atoms with Gasteiger partial charge in [0, 0.05) is 11.3 Å². The monoisotopic (exact) mass is 344 g/mol. The number of nitrogens with zero attached hydrogens (tertiary/aromatic N) is 2. The number of hydrogen-bond acceptors (Lipinski definition) is 1. The Hall–Kier alpha value is -1.77. The van der Waals surface area contributed by atoms with E-state index in [-0.39, 0.29) is 0 Å². The van der Waals surface area contributed by atoms with Gasteiger partial charge >= 0.3 is 0 Å². The lowest BCUT2D eigenvalue weighted by Crippen LogP contribution is -1.99. The number of aromatic nitrogens is 2. The topological polar surface area (TPSA) is 17.8 Å². The molecule has 0 bridgehead atoms. The van der Waals surface area contributed by atoms with Gasteiger partial charge < -0.3 is 0 Å². The van der Waals surface area contributed by atoms with Crippen LogP contribution in [0, 0.1) is 13.8 Å². The zero-order chi connectivity index (χ0) is 16.6. The van der Waals surface area contributed by atoms with Crippen LogP contribution >= 0.6 is 23.2 Å².